The van der Waals surface area contributed by atoms with Gasteiger partial charge in [-0.3, -0.25) is 0 Å². The molecule has 2 fully saturated rings. The zero-order valence-electron chi connectivity index (χ0n) is 12.3. The number of aromatic nitrogens is 4. The average molecular weight is 307 g/mol. The SMILES string of the molecule is CCCNC1COCC1c1nn2c(C3CCC3)nnc2s1. The highest BCUT2D eigenvalue weighted by Gasteiger charge is 2.33. The van der Waals surface area contributed by atoms with E-state index in [-0.39, 0.29) is 0 Å². The number of hydrogen-bond acceptors (Lipinski definition) is 6. The van der Waals surface area contributed by atoms with E-state index in [2.05, 4.69) is 22.4 Å². The van der Waals surface area contributed by atoms with Crippen LogP contribution in [0.1, 0.15) is 55.3 Å². The molecule has 2 aromatic rings. The van der Waals surface area contributed by atoms with Crippen molar-refractivity contribution in [1.82, 2.24) is 25.1 Å². The van der Waals surface area contributed by atoms with Gasteiger partial charge >= 0.3 is 0 Å². The Kier molecular flexibility index (Phi) is 3.64. The van der Waals surface area contributed by atoms with Gasteiger partial charge in [-0.2, -0.15) is 9.61 Å². The van der Waals surface area contributed by atoms with Gasteiger partial charge in [0.1, 0.15) is 5.01 Å². The van der Waals surface area contributed by atoms with Crippen LogP contribution in [-0.2, 0) is 4.74 Å². The van der Waals surface area contributed by atoms with Crippen LogP contribution in [0.4, 0.5) is 0 Å². The van der Waals surface area contributed by atoms with E-state index >= 15 is 0 Å². The number of rotatable bonds is 5. The first kappa shape index (κ1) is 13.6. The van der Waals surface area contributed by atoms with Gasteiger partial charge < -0.3 is 10.1 Å². The molecule has 2 aliphatic rings. The van der Waals surface area contributed by atoms with Crippen LogP contribution in [0.5, 0.6) is 0 Å². The van der Waals surface area contributed by atoms with Crippen molar-refractivity contribution < 1.29 is 4.74 Å². The fourth-order valence-electron chi connectivity index (χ4n) is 3.05. The number of fused-ring (bicyclic) bond motifs is 1. The van der Waals surface area contributed by atoms with Crippen LogP contribution in [0.25, 0.3) is 4.96 Å². The topological polar surface area (TPSA) is 64.3 Å². The molecular formula is C14H21N5OS. The Morgan fingerprint density at radius 2 is 2.24 bits per heavy atom. The van der Waals surface area contributed by atoms with Crippen LogP contribution in [0, 0.1) is 0 Å². The molecule has 114 valence electrons. The molecule has 0 spiro atoms. The van der Waals surface area contributed by atoms with Gasteiger partial charge in [-0.25, -0.2) is 0 Å². The molecule has 0 aromatic carbocycles. The first-order valence-corrected chi connectivity index (χ1v) is 8.71. The smallest absolute Gasteiger partial charge is 0.234 e. The fourth-order valence-corrected chi connectivity index (χ4v) is 4.04. The summed E-state index contributed by atoms with van der Waals surface area (Å²) in [6, 6.07) is 0.376. The highest BCUT2D eigenvalue weighted by molar-refractivity contribution is 7.16. The molecule has 0 amide bonds. The van der Waals surface area contributed by atoms with Crippen LogP contribution >= 0.6 is 11.3 Å². The van der Waals surface area contributed by atoms with Gasteiger partial charge in [-0.15, -0.1) is 10.2 Å². The Morgan fingerprint density at radius 1 is 1.33 bits per heavy atom. The Balaban J connectivity index is 1.59. The Bertz CT molecular complexity index is 620. The molecule has 2 aromatic heterocycles. The molecule has 1 saturated heterocycles. The highest BCUT2D eigenvalue weighted by atomic mass is 32.1. The molecule has 2 atom stereocenters. The van der Waals surface area contributed by atoms with Crippen LogP contribution in [0.2, 0.25) is 0 Å². The van der Waals surface area contributed by atoms with Gasteiger partial charge in [0.25, 0.3) is 0 Å². The lowest BCUT2D eigenvalue weighted by Crippen LogP contribution is -2.34. The van der Waals surface area contributed by atoms with Gasteiger partial charge in [-0.1, -0.05) is 24.7 Å². The van der Waals surface area contributed by atoms with Gasteiger partial charge in [-0.05, 0) is 25.8 Å². The first-order chi connectivity index (χ1) is 10.4. The third-order valence-corrected chi connectivity index (χ3v) is 5.59. The van der Waals surface area contributed by atoms with Crippen molar-refractivity contribution in [1.29, 1.82) is 0 Å². The third-order valence-electron chi connectivity index (χ3n) is 4.56. The van der Waals surface area contributed by atoms with Crippen molar-refractivity contribution in [2.75, 3.05) is 19.8 Å². The van der Waals surface area contributed by atoms with Gasteiger partial charge in [0, 0.05) is 12.0 Å². The number of nitrogens with one attached hydrogen (secondary N) is 1. The predicted molar refractivity (Wildman–Crippen MR) is 80.9 cm³/mol. The van der Waals surface area contributed by atoms with Crippen molar-refractivity contribution in [3.8, 4) is 0 Å². The maximum Gasteiger partial charge on any atom is 0.234 e. The Hall–Kier alpha value is -1.05. The van der Waals surface area contributed by atoms with E-state index in [1.165, 1.54) is 19.3 Å². The molecule has 1 aliphatic carbocycles. The predicted octanol–water partition coefficient (Wildman–Crippen LogP) is 1.94. The van der Waals surface area contributed by atoms with Crippen LogP contribution in [0.3, 0.4) is 0 Å². The minimum Gasteiger partial charge on any atom is -0.379 e. The summed E-state index contributed by atoms with van der Waals surface area (Å²) in [6.07, 6.45) is 4.89. The monoisotopic (exact) mass is 307 g/mol. The normalized spacial score (nSPS) is 26.5. The highest BCUT2D eigenvalue weighted by Crippen LogP contribution is 2.37. The molecule has 4 rings (SSSR count). The zero-order chi connectivity index (χ0) is 14.2. The lowest BCUT2D eigenvalue weighted by molar-refractivity contribution is 0.187. The van der Waals surface area contributed by atoms with E-state index in [0.29, 0.717) is 17.9 Å². The molecule has 21 heavy (non-hydrogen) atoms. The summed E-state index contributed by atoms with van der Waals surface area (Å²) in [7, 11) is 0. The molecule has 2 unspecified atom stereocenters. The molecule has 1 saturated carbocycles. The fraction of sp³-hybridized carbons (Fsp3) is 0.786. The summed E-state index contributed by atoms with van der Waals surface area (Å²) in [5.41, 5.74) is 0. The maximum atomic E-state index is 5.66. The number of ether oxygens (including phenoxy) is 1. The largest absolute Gasteiger partial charge is 0.379 e. The molecule has 0 radical (unpaired) electrons. The minimum atomic E-state index is 0.345. The van der Waals surface area contributed by atoms with E-state index in [9.17, 15) is 0 Å². The number of nitrogens with zero attached hydrogens (tertiary/aromatic N) is 4. The second-order valence-corrected chi connectivity index (χ2v) is 7.01. The summed E-state index contributed by atoms with van der Waals surface area (Å²) >= 11 is 1.66. The van der Waals surface area contributed by atoms with Gasteiger partial charge in [0.05, 0.1) is 19.1 Å². The van der Waals surface area contributed by atoms with E-state index in [4.69, 9.17) is 9.84 Å². The molecule has 0 bridgehead atoms. The Labute approximate surface area is 127 Å². The molecule has 1 N–H and O–H groups in total. The molecule has 3 heterocycles. The van der Waals surface area contributed by atoms with Crippen molar-refractivity contribution >= 4 is 16.3 Å². The number of hydrogen-bond donors (Lipinski definition) is 1. The van der Waals surface area contributed by atoms with Crippen LogP contribution in [-0.4, -0.2) is 45.6 Å². The van der Waals surface area contributed by atoms with Crippen molar-refractivity contribution in [2.45, 2.75) is 50.5 Å². The van der Waals surface area contributed by atoms with Crippen LogP contribution < -0.4 is 5.32 Å². The van der Waals surface area contributed by atoms with Crippen molar-refractivity contribution in [3.63, 3.8) is 0 Å². The second kappa shape index (κ2) is 5.62. The van der Waals surface area contributed by atoms with Crippen molar-refractivity contribution in [2.24, 2.45) is 0 Å². The van der Waals surface area contributed by atoms with E-state index < -0.39 is 0 Å². The molecular weight excluding hydrogens is 286 g/mol. The maximum absolute atomic E-state index is 5.66. The second-order valence-electron chi connectivity index (χ2n) is 6.03. The molecule has 7 heteroatoms. The Morgan fingerprint density at radius 3 is 3.00 bits per heavy atom. The lowest BCUT2D eigenvalue weighted by atomic mass is 9.85. The standard InChI is InChI=1S/C14H21N5OS/c1-2-6-15-11-8-20-7-10(11)13-18-19-12(9-4-3-5-9)16-17-14(19)21-13/h9-11,15H,2-8H2,1H3. The third kappa shape index (κ3) is 2.37. The minimum absolute atomic E-state index is 0.345. The molecule has 6 nitrogen and oxygen atoms in total. The quantitative estimate of drug-likeness (QED) is 0.914. The summed E-state index contributed by atoms with van der Waals surface area (Å²) < 4.78 is 7.63. The summed E-state index contributed by atoms with van der Waals surface area (Å²) in [4.78, 5) is 0.924. The van der Waals surface area contributed by atoms with Crippen molar-refractivity contribution in [3.05, 3.63) is 10.8 Å². The van der Waals surface area contributed by atoms with Gasteiger partial charge in [0.15, 0.2) is 5.82 Å². The zero-order valence-corrected chi connectivity index (χ0v) is 13.1. The summed E-state index contributed by atoms with van der Waals surface area (Å²) in [5, 5.41) is 18.1. The van der Waals surface area contributed by atoms with E-state index in [1.54, 1.807) is 11.3 Å². The summed E-state index contributed by atoms with van der Waals surface area (Å²) in [5.74, 6) is 1.96. The van der Waals surface area contributed by atoms with E-state index in [1.807, 2.05) is 4.52 Å². The first-order valence-electron chi connectivity index (χ1n) is 7.90. The molecule has 1 aliphatic heterocycles. The summed E-state index contributed by atoms with van der Waals surface area (Å²) in [6.45, 7) is 4.75. The lowest BCUT2D eigenvalue weighted by Gasteiger charge is -2.22. The average Bonchev–Trinajstić information content (AvgIpc) is 3.10. The van der Waals surface area contributed by atoms with Crippen LogP contribution in [0.15, 0.2) is 0 Å². The van der Waals surface area contributed by atoms with E-state index in [0.717, 1.165) is 42.0 Å². The van der Waals surface area contributed by atoms with Gasteiger partial charge in [0.2, 0.25) is 4.96 Å².